The standard InChI is InChI=1S/C22H38N6O2/c1-5-23-20(26-13-10-19-9-6-7-11-24-19)25-12-8-14-27-15-17-28(18-16-27)21(29)30-22(2,3)4/h6-7,9,11H,5,8,10,12-18H2,1-4H3,(H2,23,25,26). The molecule has 1 aromatic rings. The third kappa shape index (κ3) is 9.43. The van der Waals surface area contributed by atoms with Gasteiger partial charge in [0.2, 0.25) is 0 Å². The second-order valence-corrected chi connectivity index (χ2v) is 8.42. The van der Waals surface area contributed by atoms with Crippen molar-refractivity contribution in [2.75, 3.05) is 52.4 Å². The summed E-state index contributed by atoms with van der Waals surface area (Å²) in [5, 5.41) is 6.66. The molecule has 0 unspecified atom stereocenters. The minimum atomic E-state index is -0.442. The van der Waals surface area contributed by atoms with Gasteiger partial charge in [0.1, 0.15) is 5.60 Å². The Morgan fingerprint density at radius 3 is 2.60 bits per heavy atom. The SMILES string of the molecule is CCNC(=NCCCN1CCN(C(=O)OC(C)(C)C)CC1)NCCc1ccccn1. The summed E-state index contributed by atoms with van der Waals surface area (Å²) in [6.07, 6.45) is 3.47. The van der Waals surface area contributed by atoms with E-state index in [4.69, 9.17) is 4.74 Å². The van der Waals surface area contributed by atoms with Crippen LogP contribution in [0.1, 0.15) is 39.8 Å². The van der Waals surface area contributed by atoms with Gasteiger partial charge in [0.15, 0.2) is 5.96 Å². The number of nitrogens with one attached hydrogen (secondary N) is 2. The molecule has 2 heterocycles. The Bertz CT molecular complexity index is 651. The Hall–Kier alpha value is -2.35. The molecule has 1 fully saturated rings. The predicted octanol–water partition coefficient (Wildman–Crippen LogP) is 2.12. The van der Waals surface area contributed by atoms with E-state index in [1.54, 1.807) is 4.90 Å². The number of aromatic nitrogens is 1. The van der Waals surface area contributed by atoms with Gasteiger partial charge in [-0.1, -0.05) is 6.07 Å². The first-order valence-electron chi connectivity index (χ1n) is 11.0. The van der Waals surface area contributed by atoms with Crippen LogP contribution in [0.4, 0.5) is 4.79 Å². The van der Waals surface area contributed by atoms with E-state index in [-0.39, 0.29) is 6.09 Å². The van der Waals surface area contributed by atoms with Crippen molar-refractivity contribution in [2.45, 2.75) is 46.1 Å². The average Bonchev–Trinajstić information content (AvgIpc) is 2.71. The van der Waals surface area contributed by atoms with E-state index in [2.05, 4.69) is 32.4 Å². The summed E-state index contributed by atoms with van der Waals surface area (Å²) in [7, 11) is 0. The van der Waals surface area contributed by atoms with Crippen molar-refractivity contribution in [1.82, 2.24) is 25.4 Å². The maximum Gasteiger partial charge on any atom is 0.410 e. The molecule has 0 spiro atoms. The summed E-state index contributed by atoms with van der Waals surface area (Å²) in [5.74, 6) is 0.850. The molecule has 2 rings (SSSR count). The summed E-state index contributed by atoms with van der Waals surface area (Å²) in [5.41, 5.74) is 0.633. The van der Waals surface area contributed by atoms with Gasteiger partial charge in [-0.25, -0.2) is 4.79 Å². The Labute approximate surface area is 181 Å². The molecule has 168 valence electrons. The fourth-order valence-corrected chi connectivity index (χ4v) is 3.16. The van der Waals surface area contributed by atoms with Gasteiger partial charge >= 0.3 is 6.09 Å². The van der Waals surface area contributed by atoms with Crippen LogP contribution in [0.15, 0.2) is 29.4 Å². The van der Waals surface area contributed by atoms with Crippen LogP contribution in [-0.4, -0.2) is 84.8 Å². The predicted molar refractivity (Wildman–Crippen MR) is 121 cm³/mol. The van der Waals surface area contributed by atoms with Gasteiger partial charge in [-0.3, -0.25) is 14.9 Å². The third-order valence-corrected chi connectivity index (χ3v) is 4.67. The van der Waals surface area contributed by atoms with Crippen LogP contribution < -0.4 is 10.6 Å². The summed E-state index contributed by atoms with van der Waals surface area (Å²) in [6.45, 7) is 14.4. The molecular weight excluding hydrogens is 380 g/mol. The highest BCUT2D eigenvalue weighted by Gasteiger charge is 2.25. The van der Waals surface area contributed by atoms with Gasteiger partial charge in [-0.15, -0.1) is 0 Å². The Kier molecular flexibility index (Phi) is 9.86. The lowest BCUT2D eigenvalue weighted by Gasteiger charge is -2.35. The van der Waals surface area contributed by atoms with Crippen molar-refractivity contribution in [2.24, 2.45) is 4.99 Å². The van der Waals surface area contributed by atoms with Crippen LogP contribution in [0.5, 0.6) is 0 Å². The first-order valence-corrected chi connectivity index (χ1v) is 11.0. The number of rotatable bonds is 8. The fraction of sp³-hybridized carbons (Fsp3) is 0.682. The van der Waals surface area contributed by atoms with Crippen LogP contribution in [0.3, 0.4) is 0 Å². The maximum atomic E-state index is 12.1. The number of piperazine rings is 1. The van der Waals surface area contributed by atoms with E-state index < -0.39 is 5.60 Å². The quantitative estimate of drug-likeness (QED) is 0.382. The molecule has 2 N–H and O–H groups in total. The minimum Gasteiger partial charge on any atom is -0.444 e. The van der Waals surface area contributed by atoms with E-state index in [0.29, 0.717) is 0 Å². The van der Waals surface area contributed by atoms with Crippen LogP contribution in [0.2, 0.25) is 0 Å². The molecular formula is C22H38N6O2. The lowest BCUT2D eigenvalue weighted by Crippen LogP contribution is -2.50. The third-order valence-electron chi connectivity index (χ3n) is 4.67. The van der Waals surface area contributed by atoms with E-state index in [1.807, 2.05) is 45.2 Å². The number of amides is 1. The summed E-state index contributed by atoms with van der Waals surface area (Å²) in [6, 6.07) is 5.98. The number of hydrogen-bond acceptors (Lipinski definition) is 5. The minimum absolute atomic E-state index is 0.209. The first-order chi connectivity index (χ1) is 14.4. The van der Waals surface area contributed by atoms with Crippen molar-refractivity contribution in [1.29, 1.82) is 0 Å². The lowest BCUT2D eigenvalue weighted by molar-refractivity contribution is 0.0145. The molecule has 0 radical (unpaired) electrons. The van der Waals surface area contributed by atoms with Gasteiger partial charge in [-0.05, 0) is 46.2 Å². The van der Waals surface area contributed by atoms with Crippen LogP contribution >= 0.6 is 0 Å². The van der Waals surface area contributed by atoms with Gasteiger partial charge in [0.05, 0.1) is 0 Å². The number of ether oxygens (including phenoxy) is 1. The van der Waals surface area contributed by atoms with Crippen molar-refractivity contribution in [3.8, 4) is 0 Å². The van der Waals surface area contributed by atoms with Gasteiger partial charge in [0, 0.05) is 70.7 Å². The van der Waals surface area contributed by atoms with Crippen LogP contribution in [0.25, 0.3) is 0 Å². The van der Waals surface area contributed by atoms with Gasteiger partial charge in [-0.2, -0.15) is 0 Å². The fourth-order valence-electron chi connectivity index (χ4n) is 3.16. The number of guanidine groups is 1. The zero-order valence-electron chi connectivity index (χ0n) is 19.0. The summed E-state index contributed by atoms with van der Waals surface area (Å²) in [4.78, 5) is 25.4. The molecule has 1 aliphatic heterocycles. The number of carbonyl (C=O) groups excluding carboxylic acids is 1. The van der Waals surface area contributed by atoms with Crippen molar-refractivity contribution in [3.63, 3.8) is 0 Å². The molecule has 1 amide bonds. The molecule has 0 bridgehead atoms. The molecule has 8 heteroatoms. The zero-order chi connectivity index (χ0) is 21.8. The Balaban J connectivity index is 1.64. The number of carbonyl (C=O) groups is 1. The van der Waals surface area contributed by atoms with Crippen LogP contribution in [0, 0.1) is 0 Å². The molecule has 0 aromatic carbocycles. The van der Waals surface area contributed by atoms with Crippen molar-refractivity contribution in [3.05, 3.63) is 30.1 Å². The van der Waals surface area contributed by atoms with E-state index >= 15 is 0 Å². The largest absolute Gasteiger partial charge is 0.444 e. The smallest absolute Gasteiger partial charge is 0.410 e. The summed E-state index contributed by atoms with van der Waals surface area (Å²) < 4.78 is 5.45. The molecule has 30 heavy (non-hydrogen) atoms. The highest BCUT2D eigenvalue weighted by molar-refractivity contribution is 5.79. The van der Waals surface area contributed by atoms with E-state index in [9.17, 15) is 4.79 Å². The molecule has 1 aromatic heterocycles. The van der Waals surface area contributed by atoms with E-state index in [1.165, 1.54) is 0 Å². The van der Waals surface area contributed by atoms with E-state index in [0.717, 1.165) is 76.9 Å². The highest BCUT2D eigenvalue weighted by Crippen LogP contribution is 2.12. The number of hydrogen-bond donors (Lipinski definition) is 2. The molecule has 0 aliphatic carbocycles. The number of pyridine rings is 1. The normalized spacial score (nSPS) is 15.7. The lowest BCUT2D eigenvalue weighted by atomic mass is 10.2. The van der Waals surface area contributed by atoms with Gasteiger partial charge < -0.3 is 20.3 Å². The molecule has 1 saturated heterocycles. The number of nitrogens with zero attached hydrogens (tertiary/aromatic N) is 4. The second kappa shape index (κ2) is 12.4. The molecule has 0 saturated carbocycles. The Morgan fingerprint density at radius 2 is 1.97 bits per heavy atom. The highest BCUT2D eigenvalue weighted by atomic mass is 16.6. The van der Waals surface area contributed by atoms with Crippen molar-refractivity contribution >= 4 is 12.1 Å². The maximum absolute atomic E-state index is 12.1. The van der Waals surface area contributed by atoms with Gasteiger partial charge in [0.25, 0.3) is 0 Å². The molecule has 1 aliphatic rings. The summed E-state index contributed by atoms with van der Waals surface area (Å²) >= 11 is 0. The first kappa shape index (κ1) is 23.9. The number of aliphatic imine (C=N–C) groups is 1. The average molecular weight is 419 g/mol. The second-order valence-electron chi connectivity index (χ2n) is 8.42. The molecule has 0 atom stereocenters. The zero-order valence-corrected chi connectivity index (χ0v) is 19.0. The Morgan fingerprint density at radius 1 is 1.20 bits per heavy atom. The van der Waals surface area contributed by atoms with Crippen LogP contribution in [-0.2, 0) is 11.2 Å². The monoisotopic (exact) mass is 418 g/mol. The van der Waals surface area contributed by atoms with Crippen molar-refractivity contribution < 1.29 is 9.53 Å². The molecule has 8 nitrogen and oxygen atoms in total. The topological polar surface area (TPSA) is 82.1 Å².